The number of rotatable bonds is 3. The molecule has 0 radical (unpaired) electrons. The molecule has 4 heteroatoms. The minimum absolute atomic E-state index is 0.0815. The summed E-state index contributed by atoms with van der Waals surface area (Å²) in [5.74, 6) is 1.33. The predicted octanol–water partition coefficient (Wildman–Crippen LogP) is 1.98. The SMILES string of the molecule is CNC(C1CCOC2(CCOCC2)C1)C1OCCC1C. The van der Waals surface area contributed by atoms with Crippen LogP contribution in [-0.2, 0) is 14.2 Å². The molecule has 0 amide bonds. The highest BCUT2D eigenvalue weighted by molar-refractivity contribution is 4.96. The summed E-state index contributed by atoms with van der Waals surface area (Å²) in [7, 11) is 2.09. The van der Waals surface area contributed by atoms with Gasteiger partial charge < -0.3 is 19.5 Å². The lowest BCUT2D eigenvalue weighted by Crippen LogP contribution is -2.53. The molecular weight excluding hydrogens is 254 g/mol. The Balaban J connectivity index is 1.68. The van der Waals surface area contributed by atoms with Crippen LogP contribution in [0.3, 0.4) is 0 Å². The second kappa shape index (κ2) is 6.30. The molecule has 116 valence electrons. The van der Waals surface area contributed by atoms with Crippen molar-refractivity contribution in [3.63, 3.8) is 0 Å². The first kappa shape index (κ1) is 14.8. The van der Waals surface area contributed by atoms with E-state index in [0.29, 0.717) is 24.0 Å². The van der Waals surface area contributed by atoms with E-state index < -0.39 is 0 Å². The van der Waals surface area contributed by atoms with E-state index in [2.05, 4.69) is 19.3 Å². The first-order valence-electron chi connectivity index (χ1n) is 8.25. The number of nitrogens with one attached hydrogen (secondary N) is 1. The van der Waals surface area contributed by atoms with Gasteiger partial charge in [-0.05, 0) is 51.0 Å². The average molecular weight is 283 g/mol. The van der Waals surface area contributed by atoms with Gasteiger partial charge in [0, 0.05) is 32.5 Å². The Labute approximate surface area is 122 Å². The molecule has 3 aliphatic rings. The minimum Gasteiger partial charge on any atom is -0.381 e. The molecule has 4 unspecified atom stereocenters. The van der Waals surface area contributed by atoms with Crippen molar-refractivity contribution in [3.05, 3.63) is 0 Å². The van der Waals surface area contributed by atoms with Crippen LogP contribution >= 0.6 is 0 Å². The molecule has 4 nitrogen and oxygen atoms in total. The third kappa shape index (κ3) is 2.89. The van der Waals surface area contributed by atoms with E-state index in [1.54, 1.807) is 0 Å². The number of hydrogen-bond acceptors (Lipinski definition) is 4. The molecule has 0 aromatic heterocycles. The maximum atomic E-state index is 6.17. The maximum absolute atomic E-state index is 6.17. The van der Waals surface area contributed by atoms with Crippen molar-refractivity contribution < 1.29 is 14.2 Å². The molecule has 1 N–H and O–H groups in total. The molecule has 0 bridgehead atoms. The third-order valence-corrected chi connectivity index (χ3v) is 5.57. The van der Waals surface area contributed by atoms with Crippen LogP contribution in [0.5, 0.6) is 0 Å². The van der Waals surface area contributed by atoms with Crippen LogP contribution in [0.2, 0.25) is 0 Å². The van der Waals surface area contributed by atoms with Gasteiger partial charge in [0.25, 0.3) is 0 Å². The Kier molecular flexibility index (Phi) is 4.65. The standard InChI is InChI=1S/C16H29NO3/c1-12-3-7-19-15(12)14(17-2)13-4-8-20-16(11-13)5-9-18-10-6-16/h12-15,17H,3-11H2,1-2H3. The molecule has 3 saturated heterocycles. The van der Waals surface area contributed by atoms with Crippen molar-refractivity contribution in [1.29, 1.82) is 0 Å². The van der Waals surface area contributed by atoms with E-state index in [1.807, 2.05) is 0 Å². The fourth-order valence-corrected chi connectivity index (χ4v) is 4.31. The van der Waals surface area contributed by atoms with Crippen LogP contribution in [0.4, 0.5) is 0 Å². The van der Waals surface area contributed by atoms with Gasteiger partial charge in [0.2, 0.25) is 0 Å². The van der Waals surface area contributed by atoms with E-state index >= 15 is 0 Å². The lowest BCUT2D eigenvalue weighted by atomic mass is 9.75. The topological polar surface area (TPSA) is 39.7 Å². The van der Waals surface area contributed by atoms with Crippen LogP contribution in [-0.4, -0.2) is 51.2 Å². The van der Waals surface area contributed by atoms with Gasteiger partial charge in [0.05, 0.1) is 11.7 Å². The monoisotopic (exact) mass is 283 g/mol. The van der Waals surface area contributed by atoms with Crippen LogP contribution in [0.25, 0.3) is 0 Å². The van der Waals surface area contributed by atoms with E-state index in [9.17, 15) is 0 Å². The Bertz CT molecular complexity index is 311. The summed E-state index contributed by atoms with van der Waals surface area (Å²) >= 11 is 0. The van der Waals surface area contributed by atoms with Crippen molar-refractivity contribution in [2.75, 3.05) is 33.5 Å². The van der Waals surface area contributed by atoms with Gasteiger partial charge in [0.1, 0.15) is 0 Å². The predicted molar refractivity (Wildman–Crippen MR) is 77.8 cm³/mol. The molecule has 0 aromatic rings. The molecule has 0 aliphatic carbocycles. The zero-order valence-corrected chi connectivity index (χ0v) is 12.9. The summed E-state index contributed by atoms with van der Waals surface area (Å²) in [5, 5.41) is 3.55. The largest absolute Gasteiger partial charge is 0.381 e. The van der Waals surface area contributed by atoms with Crippen LogP contribution < -0.4 is 5.32 Å². The fraction of sp³-hybridized carbons (Fsp3) is 1.00. The number of likely N-dealkylation sites (N-methyl/N-ethyl adjacent to an activating group) is 1. The lowest BCUT2D eigenvalue weighted by molar-refractivity contribution is -0.154. The fourth-order valence-electron chi connectivity index (χ4n) is 4.31. The number of ether oxygens (including phenoxy) is 3. The van der Waals surface area contributed by atoms with E-state index in [-0.39, 0.29) is 5.60 Å². The summed E-state index contributed by atoms with van der Waals surface area (Å²) in [6.45, 7) is 5.85. The molecule has 3 rings (SSSR count). The second-order valence-corrected chi connectivity index (χ2v) is 6.81. The van der Waals surface area contributed by atoms with Crippen LogP contribution in [0, 0.1) is 11.8 Å². The van der Waals surface area contributed by atoms with Gasteiger partial charge in [-0.2, -0.15) is 0 Å². The summed E-state index contributed by atoms with van der Waals surface area (Å²) in [4.78, 5) is 0. The van der Waals surface area contributed by atoms with Gasteiger partial charge in [0.15, 0.2) is 0 Å². The van der Waals surface area contributed by atoms with Gasteiger partial charge in [-0.25, -0.2) is 0 Å². The van der Waals surface area contributed by atoms with E-state index in [1.165, 1.54) is 6.42 Å². The van der Waals surface area contributed by atoms with Gasteiger partial charge in [-0.15, -0.1) is 0 Å². The smallest absolute Gasteiger partial charge is 0.0756 e. The molecule has 3 heterocycles. The highest BCUT2D eigenvalue weighted by atomic mass is 16.5. The highest BCUT2D eigenvalue weighted by Gasteiger charge is 2.44. The lowest BCUT2D eigenvalue weighted by Gasteiger charge is -2.46. The highest BCUT2D eigenvalue weighted by Crippen LogP contribution is 2.40. The van der Waals surface area contributed by atoms with Crippen LogP contribution in [0.15, 0.2) is 0 Å². The van der Waals surface area contributed by atoms with Crippen molar-refractivity contribution in [2.24, 2.45) is 11.8 Å². The van der Waals surface area contributed by atoms with Crippen molar-refractivity contribution in [3.8, 4) is 0 Å². The summed E-state index contributed by atoms with van der Waals surface area (Å²) in [6, 6.07) is 0.469. The molecule has 1 spiro atoms. The maximum Gasteiger partial charge on any atom is 0.0756 e. The van der Waals surface area contributed by atoms with Crippen molar-refractivity contribution in [2.45, 2.75) is 56.8 Å². The molecule has 20 heavy (non-hydrogen) atoms. The molecule has 3 fully saturated rings. The van der Waals surface area contributed by atoms with Gasteiger partial charge >= 0.3 is 0 Å². The quantitative estimate of drug-likeness (QED) is 0.860. The van der Waals surface area contributed by atoms with E-state index in [0.717, 1.165) is 52.1 Å². The second-order valence-electron chi connectivity index (χ2n) is 6.81. The summed E-state index contributed by atoms with van der Waals surface area (Å²) in [5.41, 5.74) is 0.0815. The Hall–Kier alpha value is -0.160. The Morgan fingerprint density at radius 1 is 1.10 bits per heavy atom. The molecule has 3 aliphatic heterocycles. The zero-order chi connectivity index (χ0) is 14.0. The Morgan fingerprint density at radius 3 is 2.55 bits per heavy atom. The molecule has 0 aromatic carbocycles. The minimum atomic E-state index is 0.0815. The summed E-state index contributed by atoms with van der Waals surface area (Å²) in [6.07, 6.45) is 6.00. The van der Waals surface area contributed by atoms with E-state index in [4.69, 9.17) is 14.2 Å². The third-order valence-electron chi connectivity index (χ3n) is 5.57. The van der Waals surface area contributed by atoms with Crippen molar-refractivity contribution >= 4 is 0 Å². The Morgan fingerprint density at radius 2 is 1.90 bits per heavy atom. The first-order chi connectivity index (χ1) is 9.74. The summed E-state index contributed by atoms with van der Waals surface area (Å²) < 4.78 is 17.7. The number of hydrogen-bond donors (Lipinski definition) is 1. The molecule has 4 atom stereocenters. The van der Waals surface area contributed by atoms with Crippen molar-refractivity contribution in [1.82, 2.24) is 5.32 Å². The molecule has 0 saturated carbocycles. The average Bonchev–Trinajstić information content (AvgIpc) is 2.87. The van der Waals surface area contributed by atoms with Gasteiger partial charge in [-0.1, -0.05) is 6.92 Å². The normalized spacial score (nSPS) is 39.0. The zero-order valence-electron chi connectivity index (χ0n) is 12.9. The van der Waals surface area contributed by atoms with Crippen LogP contribution in [0.1, 0.15) is 39.0 Å². The molecular formula is C16H29NO3. The van der Waals surface area contributed by atoms with Gasteiger partial charge in [-0.3, -0.25) is 0 Å². The first-order valence-corrected chi connectivity index (χ1v) is 8.25.